The Morgan fingerprint density at radius 2 is 1.69 bits per heavy atom. The van der Waals surface area contributed by atoms with Crippen LogP contribution in [0.3, 0.4) is 0 Å². The number of benzene rings is 2. The molecule has 2 heterocycles. The van der Waals surface area contributed by atoms with E-state index >= 15 is 0 Å². The average molecular weight is 346 g/mol. The molecule has 0 bridgehead atoms. The molecule has 0 amide bonds. The SMILES string of the molecule is Cc1cc(C)c(C)c(Cn2c[n+]3c(n2)-c2ccccc2CC3(C)C)c1C. The van der Waals surface area contributed by atoms with Crippen molar-refractivity contribution in [2.75, 3.05) is 0 Å². The highest BCUT2D eigenvalue weighted by Gasteiger charge is 2.37. The van der Waals surface area contributed by atoms with Crippen molar-refractivity contribution in [3.63, 3.8) is 0 Å². The van der Waals surface area contributed by atoms with Crippen molar-refractivity contribution in [2.24, 2.45) is 0 Å². The van der Waals surface area contributed by atoms with E-state index in [1.54, 1.807) is 0 Å². The Labute approximate surface area is 156 Å². The molecule has 134 valence electrons. The van der Waals surface area contributed by atoms with Crippen LogP contribution >= 0.6 is 0 Å². The van der Waals surface area contributed by atoms with E-state index in [1.807, 2.05) is 0 Å². The Bertz CT molecular complexity index is 982. The quantitative estimate of drug-likeness (QED) is 0.630. The molecule has 3 heteroatoms. The molecule has 1 aliphatic heterocycles. The molecule has 3 aromatic rings. The van der Waals surface area contributed by atoms with Gasteiger partial charge in [0, 0.05) is 11.5 Å². The summed E-state index contributed by atoms with van der Waals surface area (Å²) in [7, 11) is 0. The topological polar surface area (TPSA) is 21.7 Å². The molecule has 0 radical (unpaired) electrons. The van der Waals surface area contributed by atoms with Gasteiger partial charge in [-0.3, -0.25) is 0 Å². The van der Waals surface area contributed by atoms with E-state index in [0.29, 0.717) is 0 Å². The molecule has 1 aliphatic rings. The second-order valence-corrected chi connectivity index (χ2v) is 8.39. The van der Waals surface area contributed by atoms with E-state index in [9.17, 15) is 0 Å². The van der Waals surface area contributed by atoms with Gasteiger partial charge in [0.15, 0.2) is 0 Å². The van der Waals surface area contributed by atoms with Gasteiger partial charge in [-0.1, -0.05) is 24.3 Å². The van der Waals surface area contributed by atoms with Crippen molar-refractivity contribution < 1.29 is 4.57 Å². The van der Waals surface area contributed by atoms with Crippen LogP contribution in [0.2, 0.25) is 0 Å². The monoisotopic (exact) mass is 346 g/mol. The zero-order chi connectivity index (χ0) is 18.6. The maximum atomic E-state index is 5.00. The summed E-state index contributed by atoms with van der Waals surface area (Å²) in [5.74, 6) is 1.08. The fraction of sp³-hybridized carbons (Fsp3) is 0.391. The first-order valence-corrected chi connectivity index (χ1v) is 9.42. The van der Waals surface area contributed by atoms with Crippen LogP contribution in [0, 0.1) is 27.7 Å². The summed E-state index contributed by atoms with van der Waals surface area (Å²) < 4.78 is 4.47. The third-order valence-corrected chi connectivity index (χ3v) is 6.08. The van der Waals surface area contributed by atoms with Crippen LogP contribution in [0.5, 0.6) is 0 Å². The summed E-state index contributed by atoms with van der Waals surface area (Å²) in [5, 5.41) is 5.00. The van der Waals surface area contributed by atoms with Gasteiger partial charge in [0.25, 0.3) is 0 Å². The van der Waals surface area contributed by atoms with Crippen LogP contribution in [0.25, 0.3) is 11.4 Å². The minimum atomic E-state index is 0.0363. The number of nitrogens with zero attached hydrogens (tertiary/aromatic N) is 3. The van der Waals surface area contributed by atoms with E-state index in [1.165, 1.54) is 38.9 Å². The maximum Gasteiger partial charge on any atom is 0.309 e. The number of hydrogen-bond acceptors (Lipinski definition) is 1. The maximum absolute atomic E-state index is 5.00. The van der Waals surface area contributed by atoms with Crippen LogP contribution in [-0.4, -0.2) is 9.78 Å². The van der Waals surface area contributed by atoms with Gasteiger partial charge in [-0.25, -0.2) is 4.57 Å². The van der Waals surface area contributed by atoms with Gasteiger partial charge < -0.3 is 0 Å². The van der Waals surface area contributed by atoms with Crippen LogP contribution in [0.15, 0.2) is 36.7 Å². The van der Waals surface area contributed by atoms with Crippen LogP contribution in [0.1, 0.15) is 47.2 Å². The zero-order valence-corrected chi connectivity index (χ0v) is 16.7. The van der Waals surface area contributed by atoms with Crippen molar-refractivity contribution in [3.05, 3.63) is 70.0 Å². The highest BCUT2D eigenvalue weighted by atomic mass is 15.4. The molecule has 0 saturated carbocycles. The Balaban J connectivity index is 1.83. The number of rotatable bonds is 2. The largest absolute Gasteiger partial charge is 0.309 e. The summed E-state index contributed by atoms with van der Waals surface area (Å²) in [6.07, 6.45) is 3.23. The molecule has 0 spiro atoms. The summed E-state index contributed by atoms with van der Waals surface area (Å²) in [5.41, 5.74) is 9.57. The molecule has 26 heavy (non-hydrogen) atoms. The van der Waals surface area contributed by atoms with Gasteiger partial charge in [0.1, 0.15) is 6.54 Å². The second kappa shape index (κ2) is 5.80. The minimum Gasteiger partial charge on any atom is -0.225 e. The molecular formula is C23H28N3+. The molecule has 0 saturated heterocycles. The first-order chi connectivity index (χ1) is 12.3. The molecule has 3 nitrogen and oxygen atoms in total. The molecular weight excluding hydrogens is 318 g/mol. The molecule has 0 unspecified atom stereocenters. The predicted octanol–water partition coefficient (Wildman–Crippen LogP) is 4.41. The number of aryl methyl sites for hydroxylation is 2. The van der Waals surface area contributed by atoms with E-state index in [2.05, 4.69) is 87.5 Å². The minimum absolute atomic E-state index is 0.0363. The summed E-state index contributed by atoms with van der Waals surface area (Å²) >= 11 is 0. The first kappa shape index (κ1) is 17.0. The van der Waals surface area contributed by atoms with Gasteiger partial charge in [0.05, 0.1) is 11.1 Å². The second-order valence-electron chi connectivity index (χ2n) is 8.39. The van der Waals surface area contributed by atoms with E-state index in [0.717, 1.165) is 18.8 Å². The molecule has 1 aromatic heterocycles. The van der Waals surface area contributed by atoms with Crippen LogP contribution in [-0.2, 0) is 18.5 Å². The fourth-order valence-electron chi connectivity index (χ4n) is 4.23. The van der Waals surface area contributed by atoms with Gasteiger partial charge in [-0.05, 0) is 81.0 Å². The van der Waals surface area contributed by atoms with E-state index in [4.69, 9.17) is 5.10 Å². The first-order valence-electron chi connectivity index (χ1n) is 9.42. The van der Waals surface area contributed by atoms with Gasteiger partial charge in [-0.15, -0.1) is 4.68 Å². The number of hydrogen-bond donors (Lipinski definition) is 0. The number of fused-ring (bicyclic) bond motifs is 3. The Morgan fingerprint density at radius 3 is 2.38 bits per heavy atom. The Morgan fingerprint density at radius 1 is 1.04 bits per heavy atom. The predicted molar refractivity (Wildman–Crippen MR) is 105 cm³/mol. The normalized spacial score (nSPS) is 14.8. The molecule has 0 aliphatic carbocycles. The number of aromatic nitrogens is 3. The molecule has 2 aromatic carbocycles. The Kier molecular flexibility index (Phi) is 3.80. The van der Waals surface area contributed by atoms with Crippen molar-refractivity contribution in [3.8, 4) is 11.4 Å². The van der Waals surface area contributed by atoms with Gasteiger partial charge in [-0.2, -0.15) is 0 Å². The lowest BCUT2D eigenvalue weighted by Crippen LogP contribution is -2.56. The summed E-state index contributed by atoms with van der Waals surface area (Å²) in [4.78, 5) is 0. The molecule has 0 fully saturated rings. The van der Waals surface area contributed by atoms with E-state index < -0.39 is 0 Å². The lowest BCUT2D eigenvalue weighted by molar-refractivity contribution is -0.750. The smallest absolute Gasteiger partial charge is 0.225 e. The van der Waals surface area contributed by atoms with Crippen LogP contribution < -0.4 is 4.57 Å². The highest BCUT2D eigenvalue weighted by molar-refractivity contribution is 5.59. The lowest BCUT2D eigenvalue weighted by atomic mass is 9.87. The van der Waals surface area contributed by atoms with Crippen molar-refractivity contribution in [1.29, 1.82) is 0 Å². The highest BCUT2D eigenvalue weighted by Crippen LogP contribution is 2.31. The third kappa shape index (κ3) is 2.57. The molecule has 0 atom stereocenters. The van der Waals surface area contributed by atoms with Crippen LogP contribution in [0.4, 0.5) is 0 Å². The summed E-state index contributed by atoms with van der Waals surface area (Å²) in [6, 6.07) is 11.0. The van der Waals surface area contributed by atoms with Gasteiger partial charge >= 0.3 is 5.82 Å². The average Bonchev–Trinajstić information content (AvgIpc) is 3.02. The fourth-order valence-corrected chi connectivity index (χ4v) is 4.23. The van der Waals surface area contributed by atoms with Crippen molar-refractivity contribution in [1.82, 2.24) is 9.78 Å². The molecule has 4 rings (SSSR count). The van der Waals surface area contributed by atoms with E-state index in [-0.39, 0.29) is 5.54 Å². The zero-order valence-electron chi connectivity index (χ0n) is 16.7. The summed E-state index contributed by atoms with van der Waals surface area (Å²) in [6.45, 7) is 14.3. The lowest BCUT2D eigenvalue weighted by Gasteiger charge is -2.28. The van der Waals surface area contributed by atoms with Crippen molar-refractivity contribution >= 4 is 0 Å². The third-order valence-electron chi connectivity index (χ3n) is 6.08. The van der Waals surface area contributed by atoms with Crippen molar-refractivity contribution in [2.45, 2.75) is 60.0 Å². The molecule has 0 N–H and O–H groups in total. The standard InChI is InChI=1S/C23H28N3/c1-15-11-16(2)18(4)21(17(15)3)13-25-14-26-22(24-25)20-10-8-7-9-19(20)12-23(26,5)6/h7-11,14H,12-13H2,1-6H3/q+1. The Hall–Kier alpha value is -2.42. The van der Waals surface area contributed by atoms with Gasteiger partial charge in [0.2, 0.25) is 6.33 Å².